The summed E-state index contributed by atoms with van der Waals surface area (Å²) >= 11 is 8.23. The van der Waals surface area contributed by atoms with Gasteiger partial charge in [-0.1, -0.05) is 47.9 Å². The molecule has 2 aromatic carbocycles. The molecule has 0 spiro atoms. The van der Waals surface area contributed by atoms with Crippen LogP contribution in [0.1, 0.15) is 0 Å². The molecule has 120 valence electrons. The first kappa shape index (κ1) is 15.7. The molecule has 2 aliphatic rings. The van der Waals surface area contributed by atoms with Gasteiger partial charge in [0.2, 0.25) is 0 Å². The van der Waals surface area contributed by atoms with Gasteiger partial charge in [-0.25, -0.2) is 4.39 Å². The van der Waals surface area contributed by atoms with Gasteiger partial charge in [0.1, 0.15) is 10.7 Å². The second-order valence-corrected chi connectivity index (χ2v) is 7.92. The fourth-order valence-electron chi connectivity index (χ4n) is 2.61. The van der Waals surface area contributed by atoms with Gasteiger partial charge in [0.15, 0.2) is 4.32 Å². The highest BCUT2D eigenvalue weighted by Gasteiger charge is 2.38. The minimum absolute atomic E-state index is 0.168. The molecule has 2 heterocycles. The fourth-order valence-corrected chi connectivity index (χ4v) is 5.24. The summed E-state index contributed by atoms with van der Waals surface area (Å²) in [5, 5.41) is 0.873. The monoisotopic (exact) mass is 374 g/mol. The third kappa shape index (κ3) is 2.44. The lowest BCUT2D eigenvalue weighted by Crippen LogP contribution is -2.28. The number of hydrogen-bond donors (Lipinski definition) is 0. The van der Waals surface area contributed by atoms with E-state index >= 15 is 0 Å². The van der Waals surface area contributed by atoms with Crippen LogP contribution in [0.2, 0.25) is 0 Å². The number of carbonyl (C=O) groups excluding carboxylic acids is 1. The predicted octanol–water partition coefficient (Wildman–Crippen LogP) is 4.60. The number of para-hydroxylation sites is 1. The zero-order valence-electron chi connectivity index (χ0n) is 12.5. The molecule has 0 bridgehead atoms. The molecule has 0 radical (unpaired) electrons. The number of thiocarbonyl (C=S) groups is 1. The van der Waals surface area contributed by atoms with E-state index in [9.17, 15) is 9.18 Å². The van der Waals surface area contributed by atoms with Crippen LogP contribution in [-0.2, 0) is 4.79 Å². The van der Waals surface area contributed by atoms with Crippen LogP contribution in [0.15, 0.2) is 63.4 Å². The largest absolute Gasteiger partial charge is 0.337 e. The summed E-state index contributed by atoms with van der Waals surface area (Å²) in [6.45, 7) is 0. The van der Waals surface area contributed by atoms with E-state index in [-0.39, 0.29) is 11.7 Å². The van der Waals surface area contributed by atoms with E-state index in [0.717, 1.165) is 15.6 Å². The molecule has 0 saturated carbocycles. The maximum absolute atomic E-state index is 13.1. The van der Waals surface area contributed by atoms with Crippen LogP contribution >= 0.6 is 35.7 Å². The number of amides is 1. The van der Waals surface area contributed by atoms with Crippen LogP contribution in [0.3, 0.4) is 0 Å². The SMILES string of the molecule is CN1C(=C2SC(=S)N(c3ccc(F)cc3)C2=O)Sc2ccccc21. The van der Waals surface area contributed by atoms with Gasteiger partial charge in [-0.3, -0.25) is 9.69 Å². The molecule has 0 aliphatic carbocycles. The van der Waals surface area contributed by atoms with Crippen molar-refractivity contribution < 1.29 is 9.18 Å². The number of carbonyl (C=O) groups is 1. The van der Waals surface area contributed by atoms with Crippen LogP contribution in [0.25, 0.3) is 0 Å². The molecule has 2 aliphatic heterocycles. The van der Waals surface area contributed by atoms with E-state index in [1.807, 2.05) is 36.2 Å². The van der Waals surface area contributed by atoms with Gasteiger partial charge >= 0.3 is 0 Å². The normalized spacial score (nSPS) is 20.1. The van der Waals surface area contributed by atoms with Crippen LogP contribution in [0.5, 0.6) is 0 Å². The fraction of sp³-hybridized carbons (Fsp3) is 0.0588. The molecule has 7 heteroatoms. The number of hydrogen-bond acceptors (Lipinski definition) is 5. The Balaban J connectivity index is 1.73. The smallest absolute Gasteiger partial charge is 0.273 e. The average molecular weight is 374 g/mol. The number of benzene rings is 2. The van der Waals surface area contributed by atoms with Crippen LogP contribution in [0, 0.1) is 5.82 Å². The van der Waals surface area contributed by atoms with Crippen molar-refractivity contribution in [2.45, 2.75) is 4.90 Å². The Morgan fingerprint density at radius 1 is 1.04 bits per heavy atom. The Bertz CT molecular complexity index is 895. The summed E-state index contributed by atoms with van der Waals surface area (Å²) < 4.78 is 13.6. The van der Waals surface area contributed by atoms with Crippen LogP contribution < -0.4 is 9.80 Å². The summed E-state index contributed by atoms with van der Waals surface area (Å²) in [5.74, 6) is -0.511. The van der Waals surface area contributed by atoms with Gasteiger partial charge in [-0.05, 0) is 36.4 Å². The topological polar surface area (TPSA) is 23.6 Å². The second-order valence-electron chi connectivity index (χ2n) is 5.25. The van der Waals surface area contributed by atoms with Gasteiger partial charge in [0.05, 0.1) is 16.4 Å². The van der Waals surface area contributed by atoms with Gasteiger partial charge < -0.3 is 4.90 Å². The zero-order valence-corrected chi connectivity index (χ0v) is 15.0. The van der Waals surface area contributed by atoms with Crippen LogP contribution in [-0.4, -0.2) is 17.3 Å². The predicted molar refractivity (Wildman–Crippen MR) is 102 cm³/mol. The second kappa shape index (κ2) is 5.91. The first-order valence-electron chi connectivity index (χ1n) is 7.13. The van der Waals surface area contributed by atoms with Crippen molar-refractivity contribution in [3.05, 3.63) is 64.3 Å². The molecule has 4 rings (SSSR count). The Labute approximate surface area is 152 Å². The van der Waals surface area contributed by atoms with Crippen molar-refractivity contribution in [1.82, 2.24) is 0 Å². The van der Waals surface area contributed by atoms with Gasteiger partial charge in [0.25, 0.3) is 5.91 Å². The minimum Gasteiger partial charge on any atom is -0.337 e. The maximum atomic E-state index is 13.1. The number of anilines is 2. The first-order valence-corrected chi connectivity index (χ1v) is 9.17. The van der Waals surface area contributed by atoms with Gasteiger partial charge in [-0.15, -0.1) is 0 Å². The van der Waals surface area contributed by atoms with E-state index in [2.05, 4.69) is 0 Å². The van der Waals surface area contributed by atoms with Crippen LogP contribution in [0.4, 0.5) is 15.8 Å². The summed E-state index contributed by atoms with van der Waals surface area (Å²) in [4.78, 5) is 18.1. The van der Waals surface area contributed by atoms with E-state index in [0.29, 0.717) is 14.9 Å². The summed E-state index contributed by atoms with van der Waals surface area (Å²) in [6.07, 6.45) is 0. The number of rotatable bonds is 1. The molecule has 2 aromatic rings. The number of thioether (sulfide) groups is 2. The van der Waals surface area contributed by atoms with E-state index in [1.165, 1.54) is 28.8 Å². The van der Waals surface area contributed by atoms with E-state index in [4.69, 9.17) is 12.2 Å². The van der Waals surface area contributed by atoms with Crippen molar-refractivity contribution in [2.75, 3.05) is 16.8 Å². The summed E-state index contributed by atoms with van der Waals surface area (Å²) in [5.41, 5.74) is 1.65. The van der Waals surface area contributed by atoms with Gasteiger partial charge in [0, 0.05) is 11.9 Å². The molecule has 0 N–H and O–H groups in total. The molecule has 3 nitrogen and oxygen atoms in total. The van der Waals surface area contributed by atoms with Gasteiger partial charge in [-0.2, -0.15) is 0 Å². The number of halogens is 1. The quantitative estimate of drug-likeness (QED) is 0.536. The van der Waals surface area contributed by atoms with E-state index < -0.39 is 0 Å². The highest BCUT2D eigenvalue weighted by Crippen LogP contribution is 2.50. The van der Waals surface area contributed by atoms with Crippen molar-refractivity contribution in [1.29, 1.82) is 0 Å². The molecule has 1 fully saturated rings. The Kier molecular flexibility index (Phi) is 3.86. The molecular weight excluding hydrogens is 363 g/mol. The maximum Gasteiger partial charge on any atom is 0.273 e. The third-order valence-corrected chi connectivity index (χ3v) is 6.51. The summed E-state index contributed by atoms with van der Waals surface area (Å²) in [6, 6.07) is 13.8. The minimum atomic E-state index is -0.343. The first-order chi connectivity index (χ1) is 11.6. The lowest BCUT2D eigenvalue weighted by Gasteiger charge is -2.16. The lowest BCUT2D eigenvalue weighted by molar-refractivity contribution is -0.113. The lowest BCUT2D eigenvalue weighted by atomic mass is 10.3. The third-order valence-electron chi connectivity index (χ3n) is 3.79. The Morgan fingerprint density at radius 2 is 1.75 bits per heavy atom. The number of nitrogens with zero attached hydrogens (tertiary/aromatic N) is 2. The molecule has 0 unspecified atom stereocenters. The molecule has 24 heavy (non-hydrogen) atoms. The Hall–Kier alpha value is -1.83. The van der Waals surface area contributed by atoms with Crippen molar-refractivity contribution in [3.8, 4) is 0 Å². The Morgan fingerprint density at radius 3 is 2.46 bits per heavy atom. The van der Waals surface area contributed by atoms with E-state index in [1.54, 1.807) is 23.9 Å². The van der Waals surface area contributed by atoms with Crippen molar-refractivity contribution >= 4 is 57.3 Å². The molecule has 1 saturated heterocycles. The summed E-state index contributed by atoms with van der Waals surface area (Å²) in [7, 11) is 1.94. The molecular formula is C17H11FN2OS3. The standard InChI is InChI=1S/C17H11FN2OS3/c1-19-12-4-2-3-5-13(12)23-16(19)14-15(21)20(17(22)24-14)11-8-6-10(18)7-9-11/h2-9H,1H3. The highest BCUT2D eigenvalue weighted by atomic mass is 32.2. The highest BCUT2D eigenvalue weighted by molar-refractivity contribution is 8.27. The van der Waals surface area contributed by atoms with Crippen molar-refractivity contribution in [3.63, 3.8) is 0 Å². The molecule has 1 amide bonds. The molecule has 0 atom stereocenters. The van der Waals surface area contributed by atoms with Crippen molar-refractivity contribution in [2.24, 2.45) is 0 Å². The molecule has 0 aromatic heterocycles. The average Bonchev–Trinajstić information content (AvgIpc) is 3.06. The number of fused-ring (bicyclic) bond motifs is 1. The zero-order chi connectivity index (χ0) is 16.8.